The number of rotatable bonds is 4. The Morgan fingerprint density at radius 2 is 2.15 bits per heavy atom. The monoisotopic (exact) mass is 179 g/mol. The highest BCUT2D eigenvalue weighted by Gasteiger charge is 1.99. The number of aryl methyl sites for hydroxylation is 2. The Morgan fingerprint density at radius 1 is 1.38 bits per heavy atom. The van der Waals surface area contributed by atoms with Crippen LogP contribution in [0.5, 0.6) is 5.75 Å². The third kappa shape index (κ3) is 2.74. The Kier molecular flexibility index (Phi) is 3.77. The maximum atomic E-state index is 5.45. The van der Waals surface area contributed by atoms with Gasteiger partial charge in [0.05, 0.1) is 7.11 Å². The molecule has 0 aromatic heterocycles. The van der Waals surface area contributed by atoms with Gasteiger partial charge in [-0.2, -0.15) is 0 Å². The number of ether oxygens (including phenoxy) is 1. The molecule has 2 nitrogen and oxygen atoms in total. The van der Waals surface area contributed by atoms with Gasteiger partial charge >= 0.3 is 0 Å². The first-order valence-corrected chi connectivity index (χ1v) is 4.61. The van der Waals surface area contributed by atoms with Gasteiger partial charge < -0.3 is 10.5 Å². The molecule has 0 atom stereocenters. The van der Waals surface area contributed by atoms with Crippen LogP contribution in [0, 0.1) is 6.92 Å². The van der Waals surface area contributed by atoms with Crippen molar-refractivity contribution in [2.24, 2.45) is 5.73 Å². The summed E-state index contributed by atoms with van der Waals surface area (Å²) in [5, 5.41) is 0. The van der Waals surface area contributed by atoms with Crippen LogP contribution in [0.2, 0.25) is 0 Å². The number of hydrogen-bond acceptors (Lipinski definition) is 2. The molecule has 0 saturated heterocycles. The van der Waals surface area contributed by atoms with Gasteiger partial charge in [-0.1, -0.05) is 12.1 Å². The molecule has 2 heteroatoms. The second-order valence-electron chi connectivity index (χ2n) is 3.20. The first-order chi connectivity index (χ1) is 6.27. The highest BCUT2D eigenvalue weighted by Crippen LogP contribution is 2.19. The summed E-state index contributed by atoms with van der Waals surface area (Å²) < 4.78 is 5.23. The van der Waals surface area contributed by atoms with Gasteiger partial charge in [-0.15, -0.1) is 0 Å². The Balaban J connectivity index is 2.74. The number of benzene rings is 1. The summed E-state index contributed by atoms with van der Waals surface area (Å²) in [6.45, 7) is 2.79. The van der Waals surface area contributed by atoms with Crippen molar-refractivity contribution in [3.8, 4) is 5.75 Å². The van der Waals surface area contributed by atoms with Crippen LogP contribution in [0.3, 0.4) is 0 Å². The quantitative estimate of drug-likeness (QED) is 0.766. The molecule has 0 aliphatic carbocycles. The molecule has 0 aliphatic rings. The van der Waals surface area contributed by atoms with E-state index in [0.29, 0.717) is 0 Å². The average molecular weight is 179 g/mol. The minimum absolute atomic E-state index is 0.746. The SMILES string of the molecule is COc1cc(CCCN)ccc1C. The molecule has 0 amide bonds. The molecule has 0 unspecified atom stereocenters. The number of methoxy groups -OCH3 is 1. The summed E-state index contributed by atoms with van der Waals surface area (Å²) in [5.41, 5.74) is 7.92. The molecule has 0 saturated carbocycles. The normalized spacial score (nSPS) is 10.1. The van der Waals surface area contributed by atoms with Gasteiger partial charge in [-0.25, -0.2) is 0 Å². The minimum atomic E-state index is 0.746. The molecule has 1 aromatic rings. The predicted octanol–water partition coefficient (Wildman–Crippen LogP) is 1.89. The van der Waals surface area contributed by atoms with E-state index in [0.717, 1.165) is 25.1 Å². The van der Waals surface area contributed by atoms with Crippen LogP contribution in [0.1, 0.15) is 17.5 Å². The molecule has 1 aromatic carbocycles. The van der Waals surface area contributed by atoms with Crippen LogP contribution in [-0.4, -0.2) is 13.7 Å². The molecule has 0 spiro atoms. The van der Waals surface area contributed by atoms with E-state index in [-0.39, 0.29) is 0 Å². The second kappa shape index (κ2) is 4.87. The topological polar surface area (TPSA) is 35.2 Å². The maximum Gasteiger partial charge on any atom is 0.122 e. The summed E-state index contributed by atoms with van der Waals surface area (Å²) in [6, 6.07) is 6.31. The smallest absolute Gasteiger partial charge is 0.122 e. The van der Waals surface area contributed by atoms with E-state index >= 15 is 0 Å². The van der Waals surface area contributed by atoms with Gasteiger partial charge in [-0.05, 0) is 43.5 Å². The molecular formula is C11H17NO. The van der Waals surface area contributed by atoms with E-state index in [4.69, 9.17) is 10.5 Å². The van der Waals surface area contributed by atoms with Crippen molar-refractivity contribution in [2.75, 3.05) is 13.7 Å². The van der Waals surface area contributed by atoms with Crippen molar-refractivity contribution < 1.29 is 4.74 Å². The van der Waals surface area contributed by atoms with Crippen molar-refractivity contribution >= 4 is 0 Å². The van der Waals surface area contributed by atoms with Gasteiger partial charge in [0.25, 0.3) is 0 Å². The van der Waals surface area contributed by atoms with Crippen LogP contribution in [-0.2, 0) is 6.42 Å². The minimum Gasteiger partial charge on any atom is -0.496 e. The first-order valence-electron chi connectivity index (χ1n) is 4.61. The highest BCUT2D eigenvalue weighted by molar-refractivity contribution is 5.36. The van der Waals surface area contributed by atoms with Crippen molar-refractivity contribution in [1.82, 2.24) is 0 Å². The van der Waals surface area contributed by atoms with Crippen LogP contribution >= 0.6 is 0 Å². The zero-order valence-electron chi connectivity index (χ0n) is 8.34. The molecule has 0 radical (unpaired) electrons. The lowest BCUT2D eigenvalue weighted by Gasteiger charge is -2.06. The Labute approximate surface area is 79.7 Å². The standard InChI is InChI=1S/C11H17NO/c1-9-5-6-10(4-3-7-12)8-11(9)13-2/h5-6,8H,3-4,7,12H2,1-2H3. The Hall–Kier alpha value is -1.02. The van der Waals surface area contributed by atoms with Crippen LogP contribution < -0.4 is 10.5 Å². The molecule has 0 fully saturated rings. The van der Waals surface area contributed by atoms with Gasteiger partial charge in [0.1, 0.15) is 5.75 Å². The van der Waals surface area contributed by atoms with Crippen molar-refractivity contribution in [1.29, 1.82) is 0 Å². The fourth-order valence-electron chi connectivity index (χ4n) is 1.33. The third-order valence-electron chi connectivity index (χ3n) is 2.14. The van der Waals surface area contributed by atoms with Crippen molar-refractivity contribution in [2.45, 2.75) is 19.8 Å². The third-order valence-corrected chi connectivity index (χ3v) is 2.14. The maximum absolute atomic E-state index is 5.45. The van der Waals surface area contributed by atoms with E-state index in [2.05, 4.69) is 18.2 Å². The fraction of sp³-hybridized carbons (Fsp3) is 0.455. The van der Waals surface area contributed by atoms with Gasteiger partial charge in [0.2, 0.25) is 0 Å². The second-order valence-corrected chi connectivity index (χ2v) is 3.20. The summed E-state index contributed by atoms with van der Waals surface area (Å²) in [5.74, 6) is 0.967. The average Bonchev–Trinajstić information content (AvgIpc) is 2.16. The Bertz CT molecular complexity index is 271. The van der Waals surface area contributed by atoms with Gasteiger partial charge in [-0.3, -0.25) is 0 Å². The highest BCUT2D eigenvalue weighted by atomic mass is 16.5. The summed E-state index contributed by atoms with van der Waals surface area (Å²) in [7, 11) is 1.70. The molecule has 1 rings (SSSR count). The van der Waals surface area contributed by atoms with E-state index < -0.39 is 0 Å². The molecule has 0 bridgehead atoms. The van der Waals surface area contributed by atoms with Crippen LogP contribution in [0.4, 0.5) is 0 Å². The predicted molar refractivity (Wildman–Crippen MR) is 55.1 cm³/mol. The number of hydrogen-bond donors (Lipinski definition) is 1. The zero-order valence-corrected chi connectivity index (χ0v) is 8.34. The summed E-state index contributed by atoms with van der Waals surface area (Å²) in [4.78, 5) is 0. The van der Waals surface area contributed by atoms with E-state index in [1.54, 1.807) is 7.11 Å². The molecule has 0 aliphatic heterocycles. The molecule has 0 heterocycles. The summed E-state index contributed by atoms with van der Waals surface area (Å²) in [6.07, 6.45) is 2.07. The van der Waals surface area contributed by atoms with Crippen LogP contribution in [0.15, 0.2) is 18.2 Å². The first kappa shape index (κ1) is 10.1. The summed E-state index contributed by atoms with van der Waals surface area (Å²) >= 11 is 0. The lowest BCUT2D eigenvalue weighted by atomic mass is 10.1. The van der Waals surface area contributed by atoms with Gasteiger partial charge in [0, 0.05) is 0 Å². The van der Waals surface area contributed by atoms with Crippen LogP contribution in [0.25, 0.3) is 0 Å². The Morgan fingerprint density at radius 3 is 2.77 bits per heavy atom. The van der Waals surface area contributed by atoms with E-state index in [9.17, 15) is 0 Å². The lowest BCUT2D eigenvalue weighted by molar-refractivity contribution is 0.411. The van der Waals surface area contributed by atoms with E-state index in [1.165, 1.54) is 11.1 Å². The molecule has 13 heavy (non-hydrogen) atoms. The van der Waals surface area contributed by atoms with Gasteiger partial charge in [0.15, 0.2) is 0 Å². The molecule has 72 valence electrons. The largest absolute Gasteiger partial charge is 0.496 e. The lowest BCUT2D eigenvalue weighted by Crippen LogP contribution is -2.00. The fourth-order valence-corrected chi connectivity index (χ4v) is 1.33. The van der Waals surface area contributed by atoms with E-state index in [1.807, 2.05) is 6.92 Å². The molecular weight excluding hydrogens is 162 g/mol. The van der Waals surface area contributed by atoms with Crippen molar-refractivity contribution in [3.63, 3.8) is 0 Å². The molecule has 2 N–H and O–H groups in total. The number of nitrogens with two attached hydrogens (primary N) is 1. The zero-order chi connectivity index (χ0) is 9.68. The van der Waals surface area contributed by atoms with Crippen molar-refractivity contribution in [3.05, 3.63) is 29.3 Å².